The first-order valence-corrected chi connectivity index (χ1v) is 9.47. The Bertz CT molecular complexity index is 1110. The molecule has 0 saturated heterocycles. The number of aryl methyl sites for hydroxylation is 1. The number of halogens is 1. The number of carbonyl (C=O) groups excluding carboxylic acids is 2. The normalized spacial score (nSPS) is 12.0. The summed E-state index contributed by atoms with van der Waals surface area (Å²) in [6, 6.07) is 12.5. The Balaban J connectivity index is 1.91. The van der Waals surface area contributed by atoms with Crippen LogP contribution in [0.1, 0.15) is 22.8 Å². The van der Waals surface area contributed by atoms with E-state index in [9.17, 15) is 9.59 Å². The number of aromatic nitrogens is 1. The zero-order chi connectivity index (χ0) is 19.4. The van der Waals surface area contributed by atoms with Crippen molar-refractivity contribution in [1.82, 2.24) is 4.57 Å². The monoisotopic (exact) mass is 400 g/mol. The van der Waals surface area contributed by atoms with Crippen molar-refractivity contribution in [2.24, 2.45) is 12.0 Å². The van der Waals surface area contributed by atoms with Gasteiger partial charge in [-0.05, 0) is 42.8 Å². The number of amides is 1. The van der Waals surface area contributed by atoms with E-state index in [-0.39, 0.29) is 11.9 Å². The molecule has 0 aliphatic carbocycles. The quantitative estimate of drug-likeness (QED) is 0.487. The molecule has 3 rings (SSSR count). The van der Waals surface area contributed by atoms with Crippen LogP contribution in [0, 0.1) is 0 Å². The molecule has 0 aliphatic rings. The molecule has 0 radical (unpaired) electrons. The number of hydrogen-bond donors (Lipinski definition) is 0. The maximum absolute atomic E-state index is 12.2. The average Bonchev–Trinajstić information content (AvgIpc) is 2.96. The molecule has 5 nitrogen and oxygen atoms in total. The number of hydrogen-bond acceptors (Lipinski definition) is 4. The Hall–Kier alpha value is -2.70. The van der Waals surface area contributed by atoms with Crippen molar-refractivity contribution in [2.75, 3.05) is 6.61 Å². The van der Waals surface area contributed by atoms with Gasteiger partial charge in [0.05, 0.1) is 22.4 Å². The number of ether oxygens (including phenoxy) is 1. The van der Waals surface area contributed by atoms with Gasteiger partial charge in [0.1, 0.15) is 0 Å². The van der Waals surface area contributed by atoms with Gasteiger partial charge in [0, 0.05) is 18.1 Å². The van der Waals surface area contributed by atoms with Crippen molar-refractivity contribution in [3.05, 3.63) is 69.5 Å². The van der Waals surface area contributed by atoms with Gasteiger partial charge in [-0.1, -0.05) is 41.1 Å². The summed E-state index contributed by atoms with van der Waals surface area (Å²) in [6.07, 6.45) is 3.02. The van der Waals surface area contributed by atoms with Crippen molar-refractivity contribution >= 4 is 51.1 Å². The van der Waals surface area contributed by atoms with Gasteiger partial charge in [-0.25, -0.2) is 4.79 Å². The number of rotatable bonds is 4. The summed E-state index contributed by atoms with van der Waals surface area (Å²) in [7, 11) is 1.83. The van der Waals surface area contributed by atoms with Gasteiger partial charge in [-0.3, -0.25) is 4.79 Å². The predicted molar refractivity (Wildman–Crippen MR) is 108 cm³/mol. The fourth-order valence-corrected chi connectivity index (χ4v) is 3.75. The van der Waals surface area contributed by atoms with E-state index in [4.69, 9.17) is 16.3 Å². The molecule has 0 N–H and O–H groups in total. The molecule has 0 spiro atoms. The van der Waals surface area contributed by atoms with E-state index in [1.165, 1.54) is 17.4 Å². The lowest BCUT2D eigenvalue weighted by atomic mass is 10.2. The summed E-state index contributed by atoms with van der Waals surface area (Å²) in [5.41, 5.74) is 2.11. The number of fused-ring (bicyclic) bond motifs is 1. The summed E-state index contributed by atoms with van der Waals surface area (Å²) >= 11 is 7.41. The van der Waals surface area contributed by atoms with E-state index in [0.29, 0.717) is 22.0 Å². The summed E-state index contributed by atoms with van der Waals surface area (Å²) in [5, 5.41) is 0.570. The first kappa shape index (κ1) is 19.1. The third kappa shape index (κ3) is 4.35. The van der Waals surface area contributed by atoms with Gasteiger partial charge in [-0.15, -0.1) is 0 Å². The number of carbonyl (C=O) groups is 2. The molecular weight excluding hydrogens is 384 g/mol. The molecule has 1 amide bonds. The molecule has 0 bridgehead atoms. The van der Waals surface area contributed by atoms with Gasteiger partial charge < -0.3 is 9.30 Å². The third-order valence-corrected chi connectivity index (χ3v) is 5.28. The van der Waals surface area contributed by atoms with Crippen LogP contribution in [0.2, 0.25) is 5.02 Å². The van der Waals surface area contributed by atoms with Crippen LogP contribution >= 0.6 is 22.9 Å². The molecule has 1 heterocycles. The van der Waals surface area contributed by atoms with Crippen LogP contribution < -0.4 is 4.80 Å². The average molecular weight is 401 g/mol. The highest BCUT2D eigenvalue weighted by Crippen LogP contribution is 2.19. The van der Waals surface area contributed by atoms with E-state index < -0.39 is 0 Å². The van der Waals surface area contributed by atoms with Gasteiger partial charge in [-0.2, -0.15) is 4.99 Å². The first-order valence-electron chi connectivity index (χ1n) is 8.27. The standard InChI is InChI=1S/C20H17ClN2O3S/c1-3-26-19(25)14-8-10-16-17(12-14)27-20(23(16)2)22-18(24)11-9-13-6-4-5-7-15(13)21/h4-12H,3H2,1-2H3. The topological polar surface area (TPSA) is 60.7 Å². The second-order valence-corrected chi connectivity index (χ2v) is 7.07. The molecule has 3 aromatic rings. The Morgan fingerprint density at radius 2 is 2.04 bits per heavy atom. The molecule has 138 valence electrons. The Morgan fingerprint density at radius 3 is 2.78 bits per heavy atom. The Labute approximate surface area is 165 Å². The largest absolute Gasteiger partial charge is 0.462 e. The summed E-state index contributed by atoms with van der Waals surface area (Å²) in [4.78, 5) is 28.8. The van der Waals surface area contributed by atoms with E-state index in [2.05, 4.69) is 4.99 Å². The molecule has 0 saturated carbocycles. The lowest BCUT2D eigenvalue weighted by Crippen LogP contribution is -2.12. The smallest absolute Gasteiger partial charge is 0.338 e. The first-order chi connectivity index (χ1) is 13.0. The predicted octanol–water partition coefficient (Wildman–Crippen LogP) is 4.21. The molecule has 0 atom stereocenters. The Morgan fingerprint density at radius 1 is 1.26 bits per heavy atom. The van der Waals surface area contributed by atoms with Crippen LogP contribution in [0.3, 0.4) is 0 Å². The van der Waals surface area contributed by atoms with Crippen molar-refractivity contribution in [2.45, 2.75) is 6.92 Å². The highest BCUT2D eigenvalue weighted by molar-refractivity contribution is 7.16. The minimum Gasteiger partial charge on any atom is -0.462 e. The van der Waals surface area contributed by atoms with Gasteiger partial charge >= 0.3 is 5.97 Å². The van der Waals surface area contributed by atoms with Crippen LogP contribution in [-0.4, -0.2) is 23.1 Å². The van der Waals surface area contributed by atoms with E-state index in [1.54, 1.807) is 31.2 Å². The zero-order valence-corrected chi connectivity index (χ0v) is 16.4. The van der Waals surface area contributed by atoms with Crippen LogP contribution in [0.4, 0.5) is 0 Å². The lowest BCUT2D eigenvalue weighted by Gasteiger charge is -2.01. The molecule has 0 fully saturated rings. The minimum atomic E-state index is -0.386. The number of esters is 1. The van der Waals surface area contributed by atoms with Crippen LogP contribution in [0.15, 0.2) is 53.5 Å². The molecule has 27 heavy (non-hydrogen) atoms. The van der Waals surface area contributed by atoms with Crippen LogP contribution in [-0.2, 0) is 16.6 Å². The number of thiazole rings is 1. The van der Waals surface area contributed by atoms with Crippen molar-refractivity contribution in [3.63, 3.8) is 0 Å². The second kappa shape index (κ2) is 8.33. The van der Waals surface area contributed by atoms with E-state index in [1.807, 2.05) is 35.9 Å². The fraction of sp³-hybridized carbons (Fsp3) is 0.150. The zero-order valence-electron chi connectivity index (χ0n) is 14.8. The molecule has 1 aromatic heterocycles. The van der Waals surface area contributed by atoms with Gasteiger partial charge in [0.2, 0.25) is 0 Å². The summed E-state index contributed by atoms with van der Waals surface area (Å²) < 4.78 is 7.69. The van der Waals surface area contributed by atoms with Gasteiger partial charge in [0.15, 0.2) is 4.80 Å². The van der Waals surface area contributed by atoms with Crippen molar-refractivity contribution < 1.29 is 14.3 Å². The molecular formula is C20H17ClN2O3S. The SMILES string of the molecule is CCOC(=O)c1ccc2c(c1)sc(=NC(=O)C=Cc1ccccc1Cl)n2C. The van der Waals surface area contributed by atoms with Crippen LogP contribution in [0.5, 0.6) is 0 Å². The highest BCUT2D eigenvalue weighted by Gasteiger charge is 2.10. The second-order valence-electron chi connectivity index (χ2n) is 5.65. The Kier molecular flexibility index (Phi) is 5.88. The number of nitrogens with zero attached hydrogens (tertiary/aromatic N) is 2. The van der Waals surface area contributed by atoms with Gasteiger partial charge in [0.25, 0.3) is 5.91 Å². The third-order valence-electron chi connectivity index (χ3n) is 3.84. The molecule has 0 aliphatic heterocycles. The van der Waals surface area contributed by atoms with Crippen LogP contribution in [0.25, 0.3) is 16.3 Å². The maximum atomic E-state index is 12.2. The molecule has 0 unspecified atom stereocenters. The molecule has 2 aromatic carbocycles. The minimum absolute atomic E-state index is 0.321. The number of benzene rings is 2. The lowest BCUT2D eigenvalue weighted by molar-refractivity contribution is -0.113. The fourth-order valence-electron chi connectivity index (χ4n) is 2.48. The summed E-state index contributed by atoms with van der Waals surface area (Å²) in [5.74, 6) is -0.754. The highest BCUT2D eigenvalue weighted by atomic mass is 35.5. The van der Waals surface area contributed by atoms with Crippen molar-refractivity contribution in [1.29, 1.82) is 0 Å². The van der Waals surface area contributed by atoms with E-state index in [0.717, 1.165) is 15.8 Å². The van der Waals surface area contributed by atoms with Crippen molar-refractivity contribution in [3.8, 4) is 0 Å². The van der Waals surface area contributed by atoms with E-state index >= 15 is 0 Å². The molecule has 7 heteroatoms. The summed E-state index contributed by atoms with van der Waals surface area (Å²) in [6.45, 7) is 2.09. The maximum Gasteiger partial charge on any atom is 0.338 e.